The summed E-state index contributed by atoms with van der Waals surface area (Å²) in [5.74, 6) is 0.858. The summed E-state index contributed by atoms with van der Waals surface area (Å²) in [5, 5.41) is 7.93. The van der Waals surface area contributed by atoms with E-state index in [4.69, 9.17) is 9.73 Å². The van der Waals surface area contributed by atoms with Crippen molar-refractivity contribution in [3.63, 3.8) is 0 Å². The molecule has 0 amide bonds. The quantitative estimate of drug-likeness (QED) is 0.313. The van der Waals surface area contributed by atoms with Gasteiger partial charge in [0.05, 0.1) is 24.8 Å². The lowest BCUT2D eigenvalue weighted by Crippen LogP contribution is -2.38. The number of aromatic nitrogens is 1. The highest BCUT2D eigenvalue weighted by Crippen LogP contribution is 2.14. The van der Waals surface area contributed by atoms with Crippen LogP contribution in [-0.4, -0.2) is 55.2 Å². The Morgan fingerprint density at radius 3 is 2.66 bits per heavy atom. The summed E-state index contributed by atoms with van der Waals surface area (Å²) in [7, 11) is 0. The van der Waals surface area contributed by atoms with Crippen LogP contribution in [0.15, 0.2) is 35.5 Å². The van der Waals surface area contributed by atoms with E-state index in [1.807, 2.05) is 6.20 Å². The van der Waals surface area contributed by atoms with Crippen molar-refractivity contribution in [3.8, 4) is 0 Å². The van der Waals surface area contributed by atoms with E-state index in [9.17, 15) is 0 Å². The molecule has 1 aliphatic heterocycles. The highest BCUT2D eigenvalue weighted by molar-refractivity contribution is 14.0. The van der Waals surface area contributed by atoms with Crippen LogP contribution in [0, 0.1) is 6.92 Å². The van der Waals surface area contributed by atoms with E-state index in [0.29, 0.717) is 6.54 Å². The molecule has 1 fully saturated rings. The average molecular weight is 529 g/mol. The van der Waals surface area contributed by atoms with Gasteiger partial charge in [0.1, 0.15) is 0 Å². The molecule has 2 heterocycles. The van der Waals surface area contributed by atoms with Gasteiger partial charge in [0.15, 0.2) is 5.96 Å². The van der Waals surface area contributed by atoms with E-state index in [1.54, 1.807) is 11.3 Å². The van der Waals surface area contributed by atoms with Gasteiger partial charge < -0.3 is 15.4 Å². The molecule has 1 aliphatic rings. The first kappa shape index (κ1) is 24.0. The van der Waals surface area contributed by atoms with Crippen LogP contribution in [0.5, 0.6) is 0 Å². The summed E-state index contributed by atoms with van der Waals surface area (Å²) in [6.45, 7) is 11.1. The van der Waals surface area contributed by atoms with Crippen LogP contribution in [-0.2, 0) is 24.2 Å². The molecule has 1 saturated heterocycles. The van der Waals surface area contributed by atoms with Crippen molar-refractivity contribution in [1.82, 2.24) is 20.5 Å². The summed E-state index contributed by atoms with van der Waals surface area (Å²) in [5.41, 5.74) is 2.63. The molecule has 1 aromatic carbocycles. The first-order valence-electron chi connectivity index (χ1n) is 10.0. The van der Waals surface area contributed by atoms with Crippen LogP contribution in [0.25, 0.3) is 0 Å². The zero-order chi connectivity index (χ0) is 19.6. The van der Waals surface area contributed by atoms with Crippen LogP contribution < -0.4 is 10.6 Å². The van der Waals surface area contributed by atoms with E-state index in [2.05, 4.69) is 58.6 Å². The smallest absolute Gasteiger partial charge is 0.191 e. The first-order valence-corrected chi connectivity index (χ1v) is 10.9. The van der Waals surface area contributed by atoms with Gasteiger partial charge in [-0.15, -0.1) is 35.3 Å². The maximum Gasteiger partial charge on any atom is 0.191 e. The SMILES string of the molecule is CCNC(=NCc1ccccc1CN1CCOCC1)NCCc1ncc(C)s1.I. The Kier molecular flexibility index (Phi) is 10.9. The van der Waals surface area contributed by atoms with E-state index in [-0.39, 0.29) is 24.0 Å². The van der Waals surface area contributed by atoms with Crippen LogP contribution in [0.2, 0.25) is 0 Å². The molecular weight excluding hydrogens is 497 g/mol. The highest BCUT2D eigenvalue weighted by atomic mass is 127. The van der Waals surface area contributed by atoms with E-state index in [0.717, 1.165) is 63.3 Å². The molecule has 0 bridgehead atoms. The van der Waals surface area contributed by atoms with Crippen LogP contribution in [0.3, 0.4) is 0 Å². The number of aryl methyl sites for hydroxylation is 1. The minimum atomic E-state index is 0. The lowest BCUT2D eigenvalue weighted by atomic mass is 10.1. The summed E-state index contributed by atoms with van der Waals surface area (Å²) in [6, 6.07) is 8.61. The number of nitrogens with zero attached hydrogens (tertiary/aromatic N) is 3. The molecule has 0 unspecified atom stereocenters. The van der Waals surface area contributed by atoms with Crippen LogP contribution in [0.1, 0.15) is 27.9 Å². The molecule has 2 aromatic rings. The van der Waals surface area contributed by atoms with Crippen molar-refractivity contribution >= 4 is 41.3 Å². The summed E-state index contributed by atoms with van der Waals surface area (Å²) in [4.78, 5) is 12.9. The molecule has 160 valence electrons. The molecule has 0 atom stereocenters. The molecule has 0 spiro atoms. The van der Waals surface area contributed by atoms with Crippen LogP contribution in [0.4, 0.5) is 0 Å². The maximum absolute atomic E-state index is 5.46. The van der Waals surface area contributed by atoms with E-state index < -0.39 is 0 Å². The average Bonchev–Trinajstić information content (AvgIpc) is 3.13. The fourth-order valence-corrected chi connectivity index (χ4v) is 3.96. The molecule has 0 saturated carbocycles. The maximum atomic E-state index is 5.46. The third kappa shape index (κ3) is 8.19. The van der Waals surface area contributed by atoms with Gasteiger partial charge >= 0.3 is 0 Å². The number of halogens is 1. The molecule has 6 nitrogen and oxygen atoms in total. The topological polar surface area (TPSA) is 61.8 Å². The van der Waals surface area contributed by atoms with Crippen molar-refractivity contribution in [2.24, 2.45) is 4.99 Å². The molecule has 0 aliphatic carbocycles. The van der Waals surface area contributed by atoms with Gasteiger partial charge in [-0.25, -0.2) is 9.98 Å². The van der Waals surface area contributed by atoms with Crippen molar-refractivity contribution in [2.75, 3.05) is 39.4 Å². The second kappa shape index (κ2) is 13.1. The van der Waals surface area contributed by atoms with Crippen molar-refractivity contribution in [2.45, 2.75) is 33.4 Å². The predicted octanol–water partition coefficient (Wildman–Crippen LogP) is 3.20. The standard InChI is InChI=1S/C21H31N5OS.HI/c1-3-22-21(23-9-8-20-24-14-17(2)28-20)25-15-18-6-4-5-7-19(18)16-26-10-12-27-13-11-26;/h4-7,14H,3,8-13,15-16H2,1-2H3,(H2,22,23,25);1H. The number of hydrogen-bond donors (Lipinski definition) is 2. The Morgan fingerprint density at radius 1 is 1.21 bits per heavy atom. The first-order chi connectivity index (χ1) is 13.7. The van der Waals surface area contributed by atoms with E-state index >= 15 is 0 Å². The number of benzene rings is 1. The molecule has 8 heteroatoms. The number of guanidine groups is 1. The molecular formula is C21H32IN5OS. The van der Waals surface area contributed by atoms with E-state index in [1.165, 1.54) is 16.0 Å². The molecule has 3 rings (SSSR count). The number of aliphatic imine (C=N–C) groups is 1. The van der Waals surface area contributed by atoms with Gasteiger partial charge in [0.25, 0.3) is 0 Å². The summed E-state index contributed by atoms with van der Waals surface area (Å²) >= 11 is 1.76. The highest BCUT2D eigenvalue weighted by Gasteiger charge is 2.12. The Bertz CT molecular complexity index is 761. The van der Waals surface area contributed by atoms with Gasteiger partial charge in [-0.2, -0.15) is 0 Å². The van der Waals surface area contributed by atoms with Gasteiger partial charge in [0, 0.05) is 50.2 Å². The van der Waals surface area contributed by atoms with Gasteiger partial charge in [-0.05, 0) is 25.0 Å². The summed E-state index contributed by atoms with van der Waals surface area (Å²) in [6.07, 6.45) is 2.85. The van der Waals surface area contributed by atoms with Crippen LogP contribution >= 0.6 is 35.3 Å². The Balaban J connectivity index is 0.00000300. The zero-order valence-corrected chi connectivity index (χ0v) is 20.5. The number of nitrogens with one attached hydrogen (secondary N) is 2. The third-order valence-electron chi connectivity index (χ3n) is 4.67. The number of rotatable bonds is 8. The second-order valence-corrected chi connectivity index (χ2v) is 8.21. The minimum absolute atomic E-state index is 0. The third-order valence-corrected chi connectivity index (χ3v) is 5.64. The zero-order valence-electron chi connectivity index (χ0n) is 17.3. The van der Waals surface area contributed by atoms with Gasteiger partial charge in [0.2, 0.25) is 0 Å². The molecule has 1 aromatic heterocycles. The predicted molar refractivity (Wildman–Crippen MR) is 131 cm³/mol. The monoisotopic (exact) mass is 529 g/mol. The molecule has 0 radical (unpaired) electrons. The lowest BCUT2D eigenvalue weighted by Gasteiger charge is -2.27. The van der Waals surface area contributed by atoms with Crippen molar-refractivity contribution < 1.29 is 4.74 Å². The van der Waals surface area contributed by atoms with Gasteiger partial charge in [-0.3, -0.25) is 4.90 Å². The number of morpholine rings is 1. The fourth-order valence-electron chi connectivity index (χ4n) is 3.18. The Morgan fingerprint density at radius 2 is 1.97 bits per heavy atom. The lowest BCUT2D eigenvalue weighted by molar-refractivity contribution is 0.0341. The largest absolute Gasteiger partial charge is 0.379 e. The number of hydrogen-bond acceptors (Lipinski definition) is 5. The number of ether oxygens (including phenoxy) is 1. The normalized spacial score (nSPS) is 15.0. The van der Waals surface area contributed by atoms with Crippen molar-refractivity contribution in [1.29, 1.82) is 0 Å². The Labute approximate surface area is 195 Å². The molecule has 29 heavy (non-hydrogen) atoms. The molecule has 2 N–H and O–H groups in total. The summed E-state index contributed by atoms with van der Waals surface area (Å²) < 4.78 is 5.46. The Hall–Kier alpha value is -1.23. The fraction of sp³-hybridized carbons (Fsp3) is 0.524. The second-order valence-electron chi connectivity index (χ2n) is 6.89. The van der Waals surface area contributed by atoms with Crippen molar-refractivity contribution in [3.05, 3.63) is 51.5 Å². The minimum Gasteiger partial charge on any atom is -0.379 e. The van der Waals surface area contributed by atoms with Gasteiger partial charge in [-0.1, -0.05) is 24.3 Å². The number of thiazole rings is 1.